The van der Waals surface area contributed by atoms with Crippen molar-refractivity contribution in [2.45, 2.75) is 38.5 Å². The summed E-state index contributed by atoms with van der Waals surface area (Å²) in [5.41, 5.74) is 0.550. The minimum atomic E-state index is -1.05. The number of hydrogen-bond acceptors (Lipinski definition) is 4. The van der Waals surface area contributed by atoms with E-state index in [1.807, 2.05) is 0 Å². The molecule has 1 aliphatic carbocycles. The number of carbonyl (C=O) groups excluding carboxylic acids is 2. The first-order valence-electron chi connectivity index (χ1n) is 8.54. The molecule has 0 aromatic heterocycles. The van der Waals surface area contributed by atoms with E-state index in [0.29, 0.717) is 23.8 Å². The second kappa shape index (κ2) is 9.66. The fourth-order valence-corrected chi connectivity index (χ4v) is 2.89. The van der Waals surface area contributed by atoms with Gasteiger partial charge in [0.1, 0.15) is 5.75 Å². The van der Waals surface area contributed by atoms with Crippen molar-refractivity contribution in [1.82, 2.24) is 5.32 Å². The van der Waals surface area contributed by atoms with Gasteiger partial charge in [0.05, 0.1) is 6.54 Å². The van der Waals surface area contributed by atoms with Crippen LogP contribution in [0.2, 0.25) is 0 Å². The fourth-order valence-electron chi connectivity index (χ4n) is 2.89. The summed E-state index contributed by atoms with van der Waals surface area (Å²) in [5, 5.41) is 13.9. The predicted octanol–water partition coefficient (Wildman–Crippen LogP) is 2.18. The Kier molecular flexibility index (Phi) is 7.25. The zero-order valence-corrected chi connectivity index (χ0v) is 14.1. The molecule has 0 aliphatic heterocycles. The lowest BCUT2D eigenvalue weighted by atomic mass is 9.87. The van der Waals surface area contributed by atoms with Crippen LogP contribution in [0.4, 0.5) is 5.69 Å². The number of carbonyl (C=O) groups is 3. The maximum absolute atomic E-state index is 11.9. The SMILES string of the molecule is O=C(O)COc1ccc(NC(=O)CNC(=O)CC2CCCCC2)cc1. The maximum atomic E-state index is 11.9. The Labute approximate surface area is 146 Å². The first kappa shape index (κ1) is 18.8. The lowest BCUT2D eigenvalue weighted by Gasteiger charge is -2.20. The van der Waals surface area contributed by atoms with Crippen molar-refractivity contribution in [2.75, 3.05) is 18.5 Å². The maximum Gasteiger partial charge on any atom is 0.341 e. The summed E-state index contributed by atoms with van der Waals surface area (Å²) >= 11 is 0. The van der Waals surface area contributed by atoms with Crippen LogP contribution in [0.25, 0.3) is 0 Å². The molecule has 1 fully saturated rings. The van der Waals surface area contributed by atoms with Crippen LogP contribution in [0, 0.1) is 5.92 Å². The second-order valence-electron chi connectivity index (χ2n) is 6.24. The highest BCUT2D eigenvalue weighted by molar-refractivity contribution is 5.94. The van der Waals surface area contributed by atoms with Crippen LogP contribution < -0.4 is 15.4 Å². The van der Waals surface area contributed by atoms with Gasteiger partial charge in [-0.05, 0) is 43.0 Å². The Morgan fingerprint density at radius 3 is 2.36 bits per heavy atom. The van der Waals surface area contributed by atoms with Gasteiger partial charge in [0.25, 0.3) is 0 Å². The van der Waals surface area contributed by atoms with Crippen LogP contribution in [0.5, 0.6) is 5.75 Å². The van der Waals surface area contributed by atoms with Crippen molar-refractivity contribution >= 4 is 23.5 Å². The average Bonchev–Trinajstić information content (AvgIpc) is 2.60. The molecular formula is C18H24N2O5. The number of benzene rings is 1. The fraction of sp³-hybridized carbons (Fsp3) is 0.500. The summed E-state index contributed by atoms with van der Waals surface area (Å²) < 4.78 is 5.01. The number of rotatable bonds is 8. The number of ether oxygens (including phenoxy) is 1. The van der Waals surface area contributed by atoms with Gasteiger partial charge in [-0.1, -0.05) is 19.3 Å². The third-order valence-corrected chi connectivity index (χ3v) is 4.15. The van der Waals surface area contributed by atoms with Crippen molar-refractivity contribution in [1.29, 1.82) is 0 Å². The van der Waals surface area contributed by atoms with Gasteiger partial charge in [-0.3, -0.25) is 9.59 Å². The highest BCUT2D eigenvalue weighted by atomic mass is 16.5. The molecule has 136 valence electrons. The lowest BCUT2D eigenvalue weighted by Crippen LogP contribution is -2.34. The summed E-state index contributed by atoms with van der Waals surface area (Å²) in [7, 11) is 0. The molecule has 1 aliphatic rings. The number of carboxylic acid groups (broad SMARTS) is 1. The van der Waals surface area contributed by atoms with Gasteiger partial charge in [-0.15, -0.1) is 0 Å². The van der Waals surface area contributed by atoms with E-state index in [4.69, 9.17) is 9.84 Å². The molecule has 7 nitrogen and oxygen atoms in total. The Morgan fingerprint density at radius 2 is 1.72 bits per heavy atom. The average molecular weight is 348 g/mol. The van der Waals surface area contributed by atoms with Crippen LogP contribution >= 0.6 is 0 Å². The van der Waals surface area contributed by atoms with Crippen molar-refractivity contribution in [3.63, 3.8) is 0 Å². The molecule has 1 aromatic rings. The molecule has 0 saturated heterocycles. The Hall–Kier alpha value is -2.57. The molecule has 0 atom stereocenters. The number of anilines is 1. The molecule has 25 heavy (non-hydrogen) atoms. The van der Waals surface area contributed by atoms with E-state index >= 15 is 0 Å². The molecule has 0 spiro atoms. The summed E-state index contributed by atoms with van der Waals surface area (Å²) in [6.45, 7) is -0.485. The number of amides is 2. The largest absolute Gasteiger partial charge is 0.482 e. The number of hydrogen-bond donors (Lipinski definition) is 3. The Bertz CT molecular complexity index is 594. The molecule has 2 rings (SSSR count). The summed E-state index contributed by atoms with van der Waals surface area (Å²) in [6, 6.07) is 6.36. The molecule has 0 heterocycles. The first-order chi connectivity index (χ1) is 12.0. The third kappa shape index (κ3) is 7.24. The Balaban J connectivity index is 1.68. The molecule has 0 radical (unpaired) electrons. The van der Waals surface area contributed by atoms with Crippen molar-refractivity contribution in [3.8, 4) is 5.75 Å². The summed E-state index contributed by atoms with van der Waals surface area (Å²) in [6.07, 6.45) is 6.30. The van der Waals surface area contributed by atoms with E-state index < -0.39 is 12.6 Å². The van der Waals surface area contributed by atoms with E-state index in [-0.39, 0.29) is 18.4 Å². The first-order valence-corrected chi connectivity index (χ1v) is 8.54. The molecule has 0 unspecified atom stereocenters. The minimum absolute atomic E-state index is 0.0666. The van der Waals surface area contributed by atoms with E-state index in [0.717, 1.165) is 12.8 Å². The van der Waals surface area contributed by atoms with E-state index in [2.05, 4.69) is 10.6 Å². The van der Waals surface area contributed by atoms with Gasteiger partial charge in [0, 0.05) is 12.1 Å². The van der Waals surface area contributed by atoms with Gasteiger partial charge in [0.15, 0.2) is 6.61 Å². The lowest BCUT2D eigenvalue weighted by molar-refractivity contribution is -0.139. The highest BCUT2D eigenvalue weighted by Crippen LogP contribution is 2.26. The van der Waals surface area contributed by atoms with Crippen LogP contribution in [0.15, 0.2) is 24.3 Å². The molecule has 7 heteroatoms. The molecule has 1 aromatic carbocycles. The van der Waals surface area contributed by atoms with Gasteiger partial charge < -0.3 is 20.5 Å². The molecular weight excluding hydrogens is 324 g/mol. The monoisotopic (exact) mass is 348 g/mol. The van der Waals surface area contributed by atoms with Crippen molar-refractivity contribution < 1.29 is 24.2 Å². The van der Waals surface area contributed by atoms with Crippen molar-refractivity contribution in [3.05, 3.63) is 24.3 Å². The van der Waals surface area contributed by atoms with E-state index in [1.54, 1.807) is 24.3 Å². The Morgan fingerprint density at radius 1 is 1.04 bits per heavy atom. The molecule has 0 bridgehead atoms. The van der Waals surface area contributed by atoms with E-state index in [9.17, 15) is 14.4 Å². The third-order valence-electron chi connectivity index (χ3n) is 4.15. The highest BCUT2D eigenvalue weighted by Gasteiger charge is 2.17. The van der Waals surface area contributed by atoms with Crippen LogP contribution in [0.3, 0.4) is 0 Å². The van der Waals surface area contributed by atoms with Crippen LogP contribution in [-0.2, 0) is 14.4 Å². The number of nitrogens with one attached hydrogen (secondary N) is 2. The smallest absolute Gasteiger partial charge is 0.341 e. The van der Waals surface area contributed by atoms with Gasteiger partial charge in [-0.25, -0.2) is 4.79 Å². The second-order valence-corrected chi connectivity index (χ2v) is 6.24. The van der Waals surface area contributed by atoms with Gasteiger partial charge in [-0.2, -0.15) is 0 Å². The normalized spacial score (nSPS) is 14.6. The quantitative estimate of drug-likeness (QED) is 0.668. The standard InChI is InChI=1S/C18H24N2O5/c21-16(10-13-4-2-1-3-5-13)19-11-17(22)20-14-6-8-15(9-7-14)25-12-18(23)24/h6-9,13H,1-5,10-12H2,(H,19,21)(H,20,22)(H,23,24). The molecule has 1 saturated carbocycles. The zero-order chi connectivity index (χ0) is 18.1. The van der Waals surface area contributed by atoms with Crippen molar-refractivity contribution in [2.24, 2.45) is 5.92 Å². The molecule has 3 N–H and O–H groups in total. The van der Waals surface area contributed by atoms with Crippen LogP contribution in [0.1, 0.15) is 38.5 Å². The molecule has 2 amide bonds. The minimum Gasteiger partial charge on any atom is -0.482 e. The zero-order valence-electron chi connectivity index (χ0n) is 14.1. The van der Waals surface area contributed by atoms with Gasteiger partial charge >= 0.3 is 5.97 Å². The van der Waals surface area contributed by atoms with Gasteiger partial charge in [0.2, 0.25) is 11.8 Å². The number of aliphatic carboxylic acids is 1. The number of carboxylic acids is 1. The summed E-state index contributed by atoms with van der Waals surface area (Å²) in [4.78, 5) is 34.2. The van der Waals surface area contributed by atoms with Crippen LogP contribution in [-0.4, -0.2) is 36.0 Å². The topological polar surface area (TPSA) is 105 Å². The predicted molar refractivity (Wildman–Crippen MR) is 92.4 cm³/mol. The summed E-state index contributed by atoms with van der Waals surface area (Å²) in [5.74, 6) is -0.603. The van der Waals surface area contributed by atoms with E-state index in [1.165, 1.54) is 19.3 Å².